The van der Waals surface area contributed by atoms with Gasteiger partial charge < -0.3 is 15.0 Å². The van der Waals surface area contributed by atoms with Gasteiger partial charge in [0.05, 0.1) is 18.7 Å². The van der Waals surface area contributed by atoms with E-state index in [0.29, 0.717) is 5.56 Å². The smallest absolute Gasteiger partial charge is 0.227 e. The summed E-state index contributed by atoms with van der Waals surface area (Å²) in [4.78, 5) is 12.9. The van der Waals surface area contributed by atoms with Crippen molar-refractivity contribution >= 4 is 29.4 Å². The van der Waals surface area contributed by atoms with Crippen molar-refractivity contribution in [1.29, 1.82) is 5.26 Å². The van der Waals surface area contributed by atoms with Crippen LogP contribution in [0.25, 0.3) is 0 Å². The van der Waals surface area contributed by atoms with Crippen molar-refractivity contribution in [3.05, 3.63) is 65.9 Å². The minimum atomic E-state index is 0.277. The first-order valence-corrected chi connectivity index (χ1v) is 11.3. The lowest BCUT2D eigenvalue weighted by molar-refractivity contribution is 0.370. The minimum absolute atomic E-state index is 0.277. The van der Waals surface area contributed by atoms with E-state index in [0.717, 1.165) is 48.5 Å². The first kappa shape index (κ1) is 21.9. The van der Waals surface area contributed by atoms with Gasteiger partial charge in [-0.15, -0.1) is 0 Å². The first-order chi connectivity index (χ1) is 15.5. The van der Waals surface area contributed by atoms with Crippen LogP contribution < -0.4 is 15.0 Å². The molecule has 1 N–H and O–H groups in total. The zero-order valence-electron chi connectivity index (χ0n) is 18.4. The number of nitriles is 1. The zero-order valence-corrected chi connectivity index (χ0v) is 19.3. The summed E-state index contributed by atoms with van der Waals surface area (Å²) in [5.74, 6) is 2.36. The molecule has 3 aromatic rings. The summed E-state index contributed by atoms with van der Waals surface area (Å²) in [5, 5.41) is 12.3. The first-order valence-electron chi connectivity index (χ1n) is 10.5. The lowest BCUT2D eigenvalue weighted by atomic mass is 10.2. The van der Waals surface area contributed by atoms with Gasteiger partial charge in [-0.1, -0.05) is 0 Å². The lowest BCUT2D eigenvalue weighted by Gasteiger charge is -2.39. The molecule has 0 bridgehead atoms. The van der Waals surface area contributed by atoms with Crippen LogP contribution in [0.1, 0.15) is 18.2 Å². The SMILES string of the molecule is COc1ccc(SN2CCN(c3nc(C)cc(Nc4ccc(C#N)cc4)n3)C(C)C2)cc1. The second-order valence-electron chi connectivity index (χ2n) is 7.71. The van der Waals surface area contributed by atoms with Gasteiger partial charge in [-0.05, 0) is 74.3 Å². The topological polar surface area (TPSA) is 77.3 Å². The average Bonchev–Trinajstić information content (AvgIpc) is 2.80. The molecule has 1 aliphatic rings. The Bertz CT molecular complexity index is 1100. The van der Waals surface area contributed by atoms with Gasteiger partial charge in [0, 0.05) is 48.0 Å². The maximum absolute atomic E-state index is 8.98. The number of benzene rings is 2. The molecule has 1 aliphatic heterocycles. The number of piperazine rings is 1. The van der Waals surface area contributed by atoms with Gasteiger partial charge in [0.15, 0.2) is 0 Å². The monoisotopic (exact) mass is 446 g/mol. The quantitative estimate of drug-likeness (QED) is 0.550. The average molecular weight is 447 g/mol. The van der Waals surface area contributed by atoms with Crippen molar-refractivity contribution in [3.63, 3.8) is 0 Å². The van der Waals surface area contributed by atoms with Crippen LogP contribution >= 0.6 is 11.9 Å². The number of hydrogen-bond donors (Lipinski definition) is 1. The Morgan fingerprint density at radius 2 is 1.84 bits per heavy atom. The Morgan fingerprint density at radius 3 is 2.50 bits per heavy atom. The van der Waals surface area contributed by atoms with Crippen molar-refractivity contribution in [1.82, 2.24) is 14.3 Å². The van der Waals surface area contributed by atoms with Crippen LogP contribution in [0.15, 0.2) is 59.5 Å². The van der Waals surface area contributed by atoms with Crippen molar-refractivity contribution in [3.8, 4) is 11.8 Å². The number of ether oxygens (including phenoxy) is 1. The third-order valence-corrected chi connectivity index (χ3v) is 6.34. The van der Waals surface area contributed by atoms with Crippen LogP contribution in [0.5, 0.6) is 5.75 Å². The van der Waals surface area contributed by atoms with Crippen LogP contribution in [0, 0.1) is 18.3 Å². The third kappa shape index (κ3) is 5.31. The summed E-state index contributed by atoms with van der Waals surface area (Å²) < 4.78 is 7.63. The molecule has 0 aliphatic carbocycles. The molecule has 1 unspecified atom stereocenters. The molecule has 1 fully saturated rings. The fourth-order valence-corrected chi connectivity index (χ4v) is 4.63. The Balaban J connectivity index is 1.42. The predicted molar refractivity (Wildman–Crippen MR) is 128 cm³/mol. The number of nitrogens with zero attached hydrogens (tertiary/aromatic N) is 5. The van der Waals surface area contributed by atoms with Crippen molar-refractivity contribution in [2.24, 2.45) is 0 Å². The van der Waals surface area contributed by atoms with Gasteiger partial charge in [-0.25, -0.2) is 9.29 Å². The number of methoxy groups -OCH3 is 1. The van der Waals surface area contributed by atoms with E-state index in [-0.39, 0.29) is 6.04 Å². The van der Waals surface area contributed by atoms with Gasteiger partial charge in [0.25, 0.3) is 0 Å². The highest BCUT2D eigenvalue weighted by Crippen LogP contribution is 2.29. The predicted octanol–water partition coefficient (Wildman–Crippen LogP) is 4.63. The van der Waals surface area contributed by atoms with Gasteiger partial charge in [0.1, 0.15) is 11.6 Å². The Kier molecular flexibility index (Phi) is 6.78. The molecule has 0 spiro atoms. The maximum Gasteiger partial charge on any atom is 0.227 e. The minimum Gasteiger partial charge on any atom is -0.497 e. The zero-order chi connectivity index (χ0) is 22.5. The molecule has 2 aromatic carbocycles. The third-order valence-electron chi connectivity index (χ3n) is 5.27. The van der Waals surface area contributed by atoms with Crippen molar-refractivity contribution < 1.29 is 4.74 Å². The molecule has 32 heavy (non-hydrogen) atoms. The second kappa shape index (κ2) is 9.90. The van der Waals surface area contributed by atoms with E-state index in [1.807, 2.05) is 37.3 Å². The van der Waals surface area contributed by atoms with Gasteiger partial charge >= 0.3 is 0 Å². The van der Waals surface area contributed by atoms with Crippen molar-refractivity contribution in [2.45, 2.75) is 24.8 Å². The summed E-state index contributed by atoms with van der Waals surface area (Å²) in [5.41, 5.74) is 2.43. The molecule has 4 rings (SSSR count). The van der Waals surface area contributed by atoms with Crippen LogP contribution in [0.2, 0.25) is 0 Å². The highest BCUT2D eigenvalue weighted by Gasteiger charge is 2.26. The van der Waals surface area contributed by atoms with E-state index in [2.05, 4.69) is 39.6 Å². The van der Waals surface area contributed by atoms with Crippen molar-refractivity contribution in [2.75, 3.05) is 37.0 Å². The van der Waals surface area contributed by atoms with Crippen LogP contribution in [0.4, 0.5) is 17.5 Å². The highest BCUT2D eigenvalue weighted by atomic mass is 32.2. The number of nitrogens with one attached hydrogen (secondary N) is 1. The molecule has 1 atom stereocenters. The van der Waals surface area contributed by atoms with E-state index < -0.39 is 0 Å². The van der Waals surface area contributed by atoms with E-state index in [1.54, 1.807) is 31.2 Å². The molecular weight excluding hydrogens is 420 g/mol. The molecular formula is C24H26N6OS. The normalized spacial score (nSPS) is 16.4. The van der Waals surface area contributed by atoms with Gasteiger partial charge in [0.2, 0.25) is 5.95 Å². The van der Waals surface area contributed by atoms with E-state index >= 15 is 0 Å². The second-order valence-corrected chi connectivity index (χ2v) is 8.88. The molecule has 7 nitrogen and oxygen atoms in total. The number of rotatable bonds is 6. The largest absolute Gasteiger partial charge is 0.497 e. The summed E-state index contributed by atoms with van der Waals surface area (Å²) in [7, 11) is 1.68. The number of aryl methyl sites for hydroxylation is 1. The van der Waals surface area contributed by atoms with Crippen LogP contribution in [-0.4, -0.2) is 47.1 Å². The van der Waals surface area contributed by atoms with E-state index in [4.69, 9.17) is 20.0 Å². The Labute approximate surface area is 193 Å². The molecule has 0 saturated carbocycles. The van der Waals surface area contributed by atoms with Gasteiger partial charge in [-0.2, -0.15) is 10.2 Å². The summed E-state index contributed by atoms with van der Waals surface area (Å²) >= 11 is 1.77. The fraction of sp³-hybridized carbons (Fsp3) is 0.292. The summed E-state index contributed by atoms with van der Waals surface area (Å²) in [6.07, 6.45) is 0. The van der Waals surface area contributed by atoms with Crippen LogP contribution in [-0.2, 0) is 0 Å². The number of aromatic nitrogens is 2. The lowest BCUT2D eigenvalue weighted by Crippen LogP contribution is -2.50. The molecule has 164 valence electrons. The van der Waals surface area contributed by atoms with E-state index in [9.17, 15) is 0 Å². The number of hydrogen-bond acceptors (Lipinski definition) is 8. The Morgan fingerprint density at radius 1 is 1.09 bits per heavy atom. The molecule has 0 amide bonds. The maximum atomic E-state index is 8.98. The number of anilines is 3. The molecule has 2 heterocycles. The van der Waals surface area contributed by atoms with Gasteiger partial charge in [-0.3, -0.25) is 0 Å². The molecule has 8 heteroatoms. The highest BCUT2D eigenvalue weighted by molar-refractivity contribution is 7.97. The summed E-state index contributed by atoms with van der Waals surface area (Å²) in [6, 6.07) is 19.9. The summed E-state index contributed by atoms with van der Waals surface area (Å²) in [6.45, 7) is 6.86. The van der Waals surface area contributed by atoms with Crippen LogP contribution in [0.3, 0.4) is 0 Å². The Hall–Kier alpha value is -3.28. The standard InChI is InChI=1S/C24H26N6OS/c1-17-14-23(27-20-6-4-19(15-25)5-7-20)28-24(26-17)30-13-12-29(16-18(30)2)32-22-10-8-21(31-3)9-11-22/h4-11,14,18H,12-13,16H2,1-3H3,(H,26,27,28). The fourth-order valence-electron chi connectivity index (χ4n) is 3.61. The van der Waals surface area contributed by atoms with E-state index in [1.165, 1.54) is 4.90 Å². The molecule has 0 radical (unpaired) electrons. The molecule has 1 saturated heterocycles. The molecule has 1 aromatic heterocycles.